The molecule has 0 aliphatic carbocycles. The van der Waals surface area contributed by atoms with E-state index in [0.717, 1.165) is 54.0 Å². The molecule has 1 aliphatic heterocycles. The van der Waals surface area contributed by atoms with Crippen LogP contribution >= 0.6 is 0 Å². The first-order valence-corrected chi connectivity index (χ1v) is 12.1. The smallest absolute Gasteiger partial charge is 0.270 e. The molecule has 9 nitrogen and oxygen atoms in total. The van der Waals surface area contributed by atoms with Gasteiger partial charge in [-0.25, -0.2) is 9.50 Å². The molecule has 1 aromatic carbocycles. The summed E-state index contributed by atoms with van der Waals surface area (Å²) in [7, 11) is 0. The molecule has 1 aliphatic rings. The van der Waals surface area contributed by atoms with Crippen LogP contribution in [-0.2, 0) is 16.7 Å². The molecule has 184 valence electrons. The average molecular weight is 477 g/mol. The van der Waals surface area contributed by atoms with Gasteiger partial charge in [0.15, 0.2) is 12.1 Å². The monoisotopic (exact) mass is 476 g/mol. The minimum absolute atomic E-state index is 0.168. The van der Waals surface area contributed by atoms with Crippen molar-refractivity contribution in [1.82, 2.24) is 30.1 Å². The van der Waals surface area contributed by atoms with Gasteiger partial charge in [0.05, 0.1) is 11.2 Å². The van der Waals surface area contributed by atoms with Gasteiger partial charge in [-0.3, -0.25) is 5.32 Å². The SMILES string of the molecule is Cc1cc(-c2ncnn3cc(C4CCOCC4)cc23)ccc1CNC(O)c1nc(C(C)(C)C)no1. The molecular formula is C26H32N6O3. The van der Waals surface area contributed by atoms with Crippen molar-refractivity contribution in [2.24, 2.45) is 0 Å². The summed E-state index contributed by atoms with van der Waals surface area (Å²) in [5.41, 5.74) is 6.14. The Morgan fingerprint density at radius 3 is 2.71 bits per heavy atom. The molecule has 1 atom stereocenters. The van der Waals surface area contributed by atoms with E-state index < -0.39 is 6.23 Å². The molecule has 9 heteroatoms. The van der Waals surface area contributed by atoms with Crippen molar-refractivity contribution in [2.45, 2.75) is 64.6 Å². The molecule has 1 saturated heterocycles. The van der Waals surface area contributed by atoms with Crippen molar-refractivity contribution >= 4 is 5.52 Å². The number of aliphatic hydroxyl groups is 1. The number of rotatable bonds is 6. The summed E-state index contributed by atoms with van der Waals surface area (Å²) < 4.78 is 12.7. The van der Waals surface area contributed by atoms with E-state index in [1.165, 1.54) is 5.56 Å². The van der Waals surface area contributed by atoms with E-state index in [1.54, 1.807) is 6.33 Å². The second-order valence-electron chi connectivity index (χ2n) is 10.2. The highest BCUT2D eigenvalue weighted by Gasteiger charge is 2.24. The fourth-order valence-corrected chi connectivity index (χ4v) is 4.41. The molecule has 35 heavy (non-hydrogen) atoms. The molecular weight excluding hydrogens is 444 g/mol. The fraction of sp³-hybridized carbons (Fsp3) is 0.462. The summed E-state index contributed by atoms with van der Waals surface area (Å²) in [6.45, 7) is 10.1. The fourth-order valence-electron chi connectivity index (χ4n) is 4.41. The molecule has 4 heterocycles. The number of nitrogens with zero attached hydrogens (tertiary/aromatic N) is 5. The molecule has 5 rings (SSSR count). The highest BCUT2D eigenvalue weighted by atomic mass is 16.5. The number of hydrogen-bond donors (Lipinski definition) is 2. The Balaban J connectivity index is 1.32. The molecule has 1 fully saturated rings. The molecule has 0 spiro atoms. The van der Waals surface area contributed by atoms with Crippen LogP contribution in [0.3, 0.4) is 0 Å². The normalized spacial score (nSPS) is 16.1. The molecule has 3 aromatic heterocycles. The second kappa shape index (κ2) is 9.49. The average Bonchev–Trinajstić information content (AvgIpc) is 3.51. The first-order valence-electron chi connectivity index (χ1n) is 12.1. The van der Waals surface area contributed by atoms with E-state index in [0.29, 0.717) is 18.3 Å². The second-order valence-corrected chi connectivity index (χ2v) is 10.2. The van der Waals surface area contributed by atoms with E-state index in [4.69, 9.17) is 9.26 Å². The van der Waals surface area contributed by atoms with Gasteiger partial charge in [-0.05, 0) is 54.5 Å². The zero-order chi connectivity index (χ0) is 24.6. The minimum Gasteiger partial charge on any atom is -0.381 e. The molecule has 0 amide bonds. The van der Waals surface area contributed by atoms with Crippen molar-refractivity contribution < 1.29 is 14.4 Å². The largest absolute Gasteiger partial charge is 0.381 e. The third kappa shape index (κ3) is 4.98. The van der Waals surface area contributed by atoms with Gasteiger partial charge in [-0.1, -0.05) is 38.1 Å². The molecule has 4 aromatic rings. The van der Waals surface area contributed by atoms with Gasteiger partial charge in [0.25, 0.3) is 5.89 Å². The van der Waals surface area contributed by atoms with Gasteiger partial charge >= 0.3 is 0 Å². The van der Waals surface area contributed by atoms with Crippen LogP contribution in [0, 0.1) is 6.92 Å². The van der Waals surface area contributed by atoms with Crippen LogP contribution in [0.15, 0.2) is 41.3 Å². The Kier molecular flexibility index (Phi) is 6.39. The van der Waals surface area contributed by atoms with Gasteiger partial charge in [-0.15, -0.1) is 0 Å². The van der Waals surface area contributed by atoms with Crippen LogP contribution in [-0.4, -0.2) is 43.1 Å². The number of ether oxygens (including phenoxy) is 1. The summed E-state index contributed by atoms with van der Waals surface area (Å²) in [6, 6.07) is 8.45. The zero-order valence-electron chi connectivity index (χ0n) is 20.7. The molecule has 0 bridgehead atoms. The zero-order valence-corrected chi connectivity index (χ0v) is 20.7. The number of nitrogens with one attached hydrogen (secondary N) is 1. The van der Waals surface area contributed by atoms with Crippen LogP contribution in [0.1, 0.15) is 74.2 Å². The standard InChI is InChI=1S/C26H32N6O3/c1-16-11-18(5-6-19(16)13-27-23(33)24-30-25(31-35-24)26(2,3)4)22-21-12-20(14-32(21)29-15-28-22)17-7-9-34-10-8-17/h5-6,11-12,14-15,17,23,27,33H,7-10,13H2,1-4H3. The molecule has 2 N–H and O–H groups in total. The Bertz CT molecular complexity index is 1320. The van der Waals surface area contributed by atoms with E-state index >= 15 is 0 Å². The highest BCUT2D eigenvalue weighted by molar-refractivity contribution is 5.77. The summed E-state index contributed by atoms with van der Waals surface area (Å²) in [5.74, 6) is 1.23. The number of fused-ring (bicyclic) bond motifs is 1. The number of aromatic nitrogens is 5. The topological polar surface area (TPSA) is 111 Å². The van der Waals surface area contributed by atoms with E-state index in [-0.39, 0.29) is 11.3 Å². The minimum atomic E-state index is -1.04. The number of hydrogen-bond acceptors (Lipinski definition) is 8. The Labute approximate surface area is 204 Å². The summed E-state index contributed by atoms with van der Waals surface area (Å²) in [5, 5.41) is 22.0. The molecule has 0 saturated carbocycles. The lowest BCUT2D eigenvalue weighted by atomic mass is 9.94. The van der Waals surface area contributed by atoms with Crippen molar-refractivity contribution in [3.63, 3.8) is 0 Å². The predicted octanol–water partition coefficient (Wildman–Crippen LogP) is 4.06. The van der Waals surface area contributed by atoms with Gasteiger partial charge in [0.2, 0.25) is 0 Å². The first-order chi connectivity index (χ1) is 16.8. The summed E-state index contributed by atoms with van der Waals surface area (Å²) >= 11 is 0. The number of aryl methyl sites for hydroxylation is 1. The van der Waals surface area contributed by atoms with Crippen molar-refractivity contribution in [3.05, 3.63) is 65.2 Å². The number of benzene rings is 1. The number of aliphatic hydroxyl groups excluding tert-OH is 1. The van der Waals surface area contributed by atoms with Gasteiger partial charge in [0, 0.05) is 36.9 Å². The highest BCUT2D eigenvalue weighted by Crippen LogP contribution is 2.31. The lowest BCUT2D eigenvalue weighted by Gasteiger charge is -2.20. The summed E-state index contributed by atoms with van der Waals surface area (Å²) in [4.78, 5) is 8.92. The summed E-state index contributed by atoms with van der Waals surface area (Å²) in [6.07, 6.45) is 4.75. The van der Waals surface area contributed by atoms with E-state index in [2.05, 4.69) is 62.9 Å². The Morgan fingerprint density at radius 1 is 1.20 bits per heavy atom. The van der Waals surface area contributed by atoms with E-state index in [9.17, 15) is 5.11 Å². The maximum absolute atomic E-state index is 10.5. The predicted molar refractivity (Wildman–Crippen MR) is 131 cm³/mol. The lowest BCUT2D eigenvalue weighted by molar-refractivity contribution is 0.0853. The maximum atomic E-state index is 10.5. The Morgan fingerprint density at radius 2 is 2.00 bits per heavy atom. The van der Waals surface area contributed by atoms with Gasteiger partial charge in [-0.2, -0.15) is 10.1 Å². The van der Waals surface area contributed by atoms with E-state index in [1.807, 2.05) is 25.3 Å². The molecule has 1 unspecified atom stereocenters. The Hall–Kier alpha value is -3.14. The van der Waals surface area contributed by atoms with Gasteiger partial charge in [0.1, 0.15) is 6.33 Å². The lowest BCUT2D eigenvalue weighted by Crippen LogP contribution is -2.21. The third-order valence-electron chi connectivity index (χ3n) is 6.57. The van der Waals surface area contributed by atoms with Crippen molar-refractivity contribution in [1.29, 1.82) is 0 Å². The van der Waals surface area contributed by atoms with Crippen LogP contribution in [0.5, 0.6) is 0 Å². The van der Waals surface area contributed by atoms with Crippen molar-refractivity contribution in [2.75, 3.05) is 13.2 Å². The van der Waals surface area contributed by atoms with Crippen LogP contribution in [0.2, 0.25) is 0 Å². The quantitative estimate of drug-likeness (QED) is 0.401. The molecule has 0 radical (unpaired) electrons. The third-order valence-corrected chi connectivity index (χ3v) is 6.57. The van der Waals surface area contributed by atoms with Crippen LogP contribution in [0.4, 0.5) is 0 Å². The maximum Gasteiger partial charge on any atom is 0.270 e. The first kappa shape index (κ1) is 23.6. The van der Waals surface area contributed by atoms with Crippen molar-refractivity contribution in [3.8, 4) is 11.3 Å². The van der Waals surface area contributed by atoms with Crippen LogP contribution in [0.25, 0.3) is 16.8 Å². The van der Waals surface area contributed by atoms with Gasteiger partial charge < -0.3 is 14.4 Å². The van der Waals surface area contributed by atoms with Crippen LogP contribution < -0.4 is 5.32 Å².